The molecule has 0 amide bonds. The molecule has 1 rings (SSSR count). The van der Waals surface area contributed by atoms with E-state index in [-0.39, 0.29) is 19.1 Å². The zero-order valence-electron chi connectivity index (χ0n) is 11.7. The molecule has 0 aliphatic rings. The summed E-state index contributed by atoms with van der Waals surface area (Å²) in [6.07, 6.45) is -4.31. The van der Waals surface area contributed by atoms with E-state index in [0.29, 0.717) is 5.56 Å². The number of benzene rings is 1. The fourth-order valence-corrected chi connectivity index (χ4v) is 2.01. The molecule has 0 fully saturated rings. The Hall–Kier alpha value is -1.11. The minimum Gasteiger partial charge on any atom is -0.382 e. The summed E-state index contributed by atoms with van der Waals surface area (Å²) in [6.45, 7) is 1.95. The van der Waals surface area contributed by atoms with E-state index in [0.717, 1.165) is 0 Å². The highest BCUT2D eigenvalue weighted by Crippen LogP contribution is 2.25. The second-order valence-corrected chi connectivity index (χ2v) is 5.22. The number of hydrogen-bond acceptors (Lipinski definition) is 3. The molecule has 3 nitrogen and oxygen atoms in total. The molecular weight excluding hydrogens is 269 g/mol. The topological polar surface area (TPSA) is 49.5 Å². The van der Waals surface area contributed by atoms with Gasteiger partial charge in [0, 0.05) is 19.1 Å². The number of hydrogen-bond donors (Lipinski definition) is 2. The van der Waals surface area contributed by atoms with Crippen molar-refractivity contribution in [1.82, 2.24) is 4.90 Å². The molecule has 0 saturated heterocycles. The minimum absolute atomic E-state index is 0.141. The predicted octanol–water partition coefficient (Wildman–Crippen LogP) is 2.11. The van der Waals surface area contributed by atoms with E-state index in [9.17, 15) is 18.3 Å². The zero-order valence-corrected chi connectivity index (χ0v) is 11.7. The summed E-state index contributed by atoms with van der Waals surface area (Å²) in [5.41, 5.74) is 4.63. The number of nitrogens with zero attached hydrogens (tertiary/aromatic N) is 1. The zero-order chi connectivity index (χ0) is 15.4. The largest absolute Gasteiger partial charge is 0.401 e. The van der Waals surface area contributed by atoms with Crippen LogP contribution in [0.2, 0.25) is 0 Å². The van der Waals surface area contributed by atoms with Gasteiger partial charge in [0.25, 0.3) is 0 Å². The Bertz CT molecular complexity index is 409. The first-order valence-corrected chi connectivity index (χ1v) is 6.47. The van der Waals surface area contributed by atoms with Crippen LogP contribution in [-0.4, -0.2) is 41.9 Å². The SMILES string of the molecule is CC(C)N(CC(F)(F)F)CC(O)(CN)c1ccccc1. The summed E-state index contributed by atoms with van der Waals surface area (Å²) in [5, 5.41) is 10.6. The van der Waals surface area contributed by atoms with Crippen LogP contribution in [0.25, 0.3) is 0 Å². The molecule has 1 unspecified atom stereocenters. The highest BCUT2D eigenvalue weighted by molar-refractivity contribution is 5.23. The van der Waals surface area contributed by atoms with E-state index in [1.807, 2.05) is 0 Å². The molecule has 0 bridgehead atoms. The van der Waals surface area contributed by atoms with Crippen molar-refractivity contribution in [3.8, 4) is 0 Å². The second-order valence-electron chi connectivity index (χ2n) is 5.22. The van der Waals surface area contributed by atoms with Crippen molar-refractivity contribution in [2.45, 2.75) is 31.7 Å². The average molecular weight is 290 g/mol. The average Bonchev–Trinajstić information content (AvgIpc) is 2.37. The molecule has 0 spiro atoms. The summed E-state index contributed by atoms with van der Waals surface area (Å²) < 4.78 is 37.8. The Balaban J connectivity index is 2.94. The van der Waals surface area contributed by atoms with Crippen molar-refractivity contribution < 1.29 is 18.3 Å². The molecule has 1 aromatic rings. The molecule has 0 aliphatic carbocycles. The van der Waals surface area contributed by atoms with Gasteiger partial charge in [-0.3, -0.25) is 4.90 Å². The first-order chi connectivity index (χ1) is 9.18. The minimum atomic E-state index is -4.31. The molecule has 0 radical (unpaired) electrons. The first kappa shape index (κ1) is 16.9. The summed E-state index contributed by atoms with van der Waals surface area (Å²) >= 11 is 0. The van der Waals surface area contributed by atoms with Crippen LogP contribution >= 0.6 is 0 Å². The van der Waals surface area contributed by atoms with E-state index in [1.165, 1.54) is 4.90 Å². The Labute approximate surface area is 117 Å². The fourth-order valence-electron chi connectivity index (χ4n) is 2.01. The molecule has 114 valence electrons. The van der Waals surface area contributed by atoms with Gasteiger partial charge in [-0.1, -0.05) is 30.3 Å². The molecule has 0 saturated carbocycles. The highest BCUT2D eigenvalue weighted by Gasteiger charge is 2.37. The Morgan fingerprint density at radius 1 is 1.15 bits per heavy atom. The third-order valence-corrected chi connectivity index (χ3v) is 3.23. The van der Waals surface area contributed by atoms with Crippen molar-refractivity contribution in [2.75, 3.05) is 19.6 Å². The Morgan fingerprint density at radius 2 is 1.70 bits per heavy atom. The van der Waals surface area contributed by atoms with E-state index < -0.39 is 18.3 Å². The van der Waals surface area contributed by atoms with Gasteiger partial charge < -0.3 is 10.8 Å². The van der Waals surface area contributed by atoms with E-state index in [1.54, 1.807) is 44.2 Å². The van der Waals surface area contributed by atoms with E-state index in [2.05, 4.69) is 0 Å². The van der Waals surface area contributed by atoms with E-state index >= 15 is 0 Å². The van der Waals surface area contributed by atoms with Crippen LogP contribution in [-0.2, 0) is 5.60 Å². The van der Waals surface area contributed by atoms with Gasteiger partial charge in [0.05, 0.1) is 6.54 Å². The normalized spacial score (nSPS) is 15.7. The number of rotatable bonds is 6. The first-order valence-electron chi connectivity index (χ1n) is 6.47. The second kappa shape index (κ2) is 6.56. The van der Waals surface area contributed by atoms with Crippen molar-refractivity contribution in [3.63, 3.8) is 0 Å². The monoisotopic (exact) mass is 290 g/mol. The molecule has 20 heavy (non-hydrogen) atoms. The molecule has 1 atom stereocenters. The maximum absolute atomic E-state index is 12.6. The predicted molar refractivity (Wildman–Crippen MR) is 72.2 cm³/mol. The van der Waals surface area contributed by atoms with Gasteiger partial charge in [-0.05, 0) is 19.4 Å². The quantitative estimate of drug-likeness (QED) is 0.843. The van der Waals surface area contributed by atoms with Crippen LogP contribution < -0.4 is 5.73 Å². The molecule has 0 heterocycles. The van der Waals surface area contributed by atoms with Crippen molar-refractivity contribution in [2.24, 2.45) is 5.73 Å². The van der Waals surface area contributed by atoms with E-state index in [4.69, 9.17) is 5.73 Å². The maximum atomic E-state index is 12.6. The van der Waals surface area contributed by atoms with Crippen molar-refractivity contribution >= 4 is 0 Å². The number of aliphatic hydroxyl groups is 1. The van der Waals surface area contributed by atoms with Gasteiger partial charge in [0.15, 0.2) is 0 Å². The van der Waals surface area contributed by atoms with Crippen molar-refractivity contribution in [1.29, 1.82) is 0 Å². The number of alkyl halides is 3. The smallest absolute Gasteiger partial charge is 0.382 e. The molecule has 6 heteroatoms. The molecular formula is C14H21F3N2O. The maximum Gasteiger partial charge on any atom is 0.401 e. The number of nitrogens with two attached hydrogens (primary N) is 1. The van der Waals surface area contributed by atoms with Crippen LogP contribution in [0.1, 0.15) is 19.4 Å². The van der Waals surface area contributed by atoms with Gasteiger partial charge in [-0.15, -0.1) is 0 Å². The van der Waals surface area contributed by atoms with Gasteiger partial charge in [-0.2, -0.15) is 13.2 Å². The third kappa shape index (κ3) is 4.77. The lowest BCUT2D eigenvalue weighted by Crippen LogP contribution is -2.50. The van der Waals surface area contributed by atoms with Gasteiger partial charge >= 0.3 is 6.18 Å². The molecule has 1 aromatic carbocycles. The van der Waals surface area contributed by atoms with Crippen LogP contribution in [0.4, 0.5) is 13.2 Å². The molecule has 3 N–H and O–H groups in total. The lowest BCUT2D eigenvalue weighted by Gasteiger charge is -2.36. The Morgan fingerprint density at radius 3 is 2.10 bits per heavy atom. The van der Waals surface area contributed by atoms with Gasteiger partial charge in [0.2, 0.25) is 0 Å². The highest BCUT2D eigenvalue weighted by atomic mass is 19.4. The van der Waals surface area contributed by atoms with Crippen LogP contribution in [0.3, 0.4) is 0 Å². The van der Waals surface area contributed by atoms with Gasteiger partial charge in [-0.25, -0.2) is 0 Å². The summed E-state index contributed by atoms with van der Waals surface area (Å²) in [5.74, 6) is 0. The van der Waals surface area contributed by atoms with Crippen LogP contribution in [0.5, 0.6) is 0 Å². The van der Waals surface area contributed by atoms with Crippen LogP contribution in [0, 0.1) is 0 Å². The number of halogens is 3. The van der Waals surface area contributed by atoms with Crippen molar-refractivity contribution in [3.05, 3.63) is 35.9 Å². The lowest BCUT2D eigenvalue weighted by atomic mass is 9.93. The third-order valence-electron chi connectivity index (χ3n) is 3.23. The fraction of sp³-hybridized carbons (Fsp3) is 0.571. The summed E-state index contributed by atoms with van der Waals surface area (Å²) in [6, 6.07) is 8.20. The summed E-state index contributed by atoms with van der Waals surface area (Å²) in [7, 11) is 0. The standard InChI is InChI=1S/C14H21F3N2O/c1-11(2)19(10-14(15,16)17)9-13(20,8-18)12-6-4-3-5-7-12/h3-7,11,20H,8-10,18H2,1-2H3. The van der Waals surface area contributed by atoms with Crippen LogP contribution in [0.15, 0.2) is 30.3 Å². The Kier molecular flexibility index (Phi) is 5.56. The molecule has 0 aliphatic heterocycles. The lowest BCUT2D eigenvalue weighted by molar-refractivity contribution is -0.157. The van der Waals surface area contributed by atoms with Gasteiger partial charge in [0.1, 0.15) is 5.60 Å². The summed E-state index contributed by atoms with van der Waals surface area (Å²) in [4.78, 5) is 1.18. The molecule has 0 aromatic heterocycles.